The van der Waals surface area contributed by atoms with Gasteiger partial charge in [0.15, 0.2) is 0 Å². The van der Waals surface area contributed by atoms with Gasteiger partial charge < -0.3 is 9.88 Å². The van der Waals surface area contributed by atoms with Gasteiger partial charge in [-0.1, -0.05) is 12.7 Å². The summed E-state index contributed by atoms with van der Waals surface area (Å²) in [5.74, 6) is 0. The van der Waals surface area contributed by atoms with Gasteiger partial charge in [0.05, 0.1) is 11.4 Å². The van der Waals surface area contributed by atoms with E-state index >= 15 is 0 Å². The number of likely N-dealkylation sites (tertiary alicyclic amines) is 1. The third-order valence-electron chi connectivity index (χ3n) is 3.88. The summed E-state index contributed by atoms with van der Waals surface area (Å²) in [6, 6.07) is 6.23. The summed E-state index contributed by atoms with van der Waals surface area (Å²) in [7, 11) is 0. The first-order chi connectivity index (χ1) is 9.79. The molecule has 1 fully saturated rings. The smallest absolute Gasteiger partial charge is 0.144 e. The Labute approximate surface area is 119 Å². The molecule has 0 aromatic carbocycles. The number of aromatic amines is 1. The molecule has 20 heavy (non-hydrogen) atoms. The van der Waals surface area contributed by atoms with Crippen LogP contribution in [0.1, 0.15) is 30.7 Å². The van der Waals surface area contributed by atoms with Crippen LogP contribution < -0.4 is 0 Å². The predicted molar refractivity (Wildman–Crippen MR) is 81.1 cm³/mol. The number of nitriles is 1. The van der Waals surface area contributed by atoms with E-state index in [4.69, 9.17) is 5.26 Å². The first-order valence-corrected chi connectivity index (χ1v) is 7.08. The van der Waals surface area contributed by atoms with Crippen molar-refractivity contribution in [1.29, 1.82) is 5.26 Å². The topological polar surface area (TPSA) is 55.2 Å². The first kappa shape index (κ1) is 12.7. The fourth-order valence-corrected chi connectivity index (χ4v) is 2.78. The molecule has 0 spiro atoms. The summed E-state index contributed by atoms with van der Waals surface area (Å²) in [5.41, 5.74) is 4.47. The third kappa shape index (κ3) is 2.27. The zero-order valence-corrected chi connectivity index (χ0v) is 11.5. The monoisotopic (exact) mass is 266 g/mol. The molecule has 1 saturated heterocycles. The van der Waals surface area contributed by atoms with Crippen molar-refractivity contribution >= 4 is 17.0 Å². The van der Waals surface area contributed by atoms with E-state index in [1.165, 1.54) is 12.8 Å². The van der Waals surface area contributed by atoms with Crippen LogP contribution in [0.4, 0.5) is 0 Å². The van der Waals surface area contributed by atoms with Gasteiger partial charge in [-0.05, 0) is 31.4 Å². The van der Waals surface area contributed by atoms with Crippen LogP contribution in [-0.2, 0) is 0 Å². The van der Waals surface area contributed by atoms with Crippen LogP contribution in [0.3, 0.4) is 0 Å². The van der Waals surface area contributed by atoms with E-state index in [1.807, 2.05) is 12.1 Å². The Morgan fingerprint density at radius 1 is 1.35 bits per heavy atom. The molecule has 2 aliphatic heterocycles. The number of hydrogen-bond acceptors (Lipinski definition) is 3. The number of nitrogens with zero attached hydrogens (tertiary/aromatic N) is 3. The molecule has 0 radical (unpaired) electrons. The van der Waals surface area contributed by atoms with Crippen LogP contribution in [0.25, 0.3) is 11.3 Å². The van der Waals surface area contributed by atoms with Gasteiger partial charge in [-0.3, -0.25) is 4.99 Å². The summed E-state index contributed by atoms with van der Waals surface area (Å²) in [5, 5.41) is 9.15. The maximum absolute atomic E-state index is 9.15. The molecule has 0 aliphatic carbocycles. The molecule has 1 aromatic heterocycles. The molecule has 4 heteroatoms. The number of dihydropyridines is 1. The summed E-state index contributed by atoms with van der Waals surface area (Å²) >= 11 is 0. The van der Waals surface area contributed by atoms with E-state index in [-0.39, 0.29) is 0 Å². The highest BCUT2D eigenvalue weighted by atomic mass is 15.2. The van der Waals surface area contributed by atoms with Gasteiger partial charge >= 0.3 is 0 Å². The summed E-state index contributed by atoms with van der Waals surface area (Å²) in [6.45, 7) is 7.06. The standard InChI is InChI=1S/C16H18N4/c1-12(20-9-2-3-10-20)14-6-7-15(19-14)13-5-4-8-18-16(13)11-17/h5-7,19H,1-4,8-10H2. The van der Waals surface area contributed by atoms with Crippen molar-refractivity contribution in [2.24, 2.45) is 4.99 Å². The van der Waals surface area contributed by atoms with Crippen LogP contribution in [0.15, 0.2) is 29.8 Å². The molecule has 0 unspecified atom stereocenters. The van der Waals surface area contributed by atoms with E-state index in [1.54, 1.807) is 0 Å². The lowest BCUT2D eigenvalue weighted by molar-refractivity contribution is 0.492. The summed E-state index contributed by atoms with van der Waals surface area (Å²) in [4.78, 5) is 9.96. The van der Waals surface area contributed by atoms with Crippen molar-refractivity contribution in [2.75, 3.05) is 19.6 Å². The minimum absolute atomic E-state index is 0.524. The lowest BCUT2D eigenvalue weighted by Crippen LogP contribution is -2.16. The van der Waals surface area contributed by atoms with E-state index < -0.39 is 0 Å². The van der Waals surface area contributed by atoms with Crippen LogP contribution in [-0.4, -0.2) is 35.2 Å². The summed E-state index contributed by atoms with van der Waals surface area (Å²) in [6.07, 6.45) is 5.45. The largest absolute Gasteiger partial charge is 0.370 e. The Morgan fingerprint density at radius 2 is 2.15 bits per heavy atom. The van der Waals surface area contributed by atoms with Crippen molar-refractivity contribution in [2.45, 2.75) is 19.3 Å². The zero-order valence-electron chi connectivity index (χ0n) is 11.5. The van der Waals surface area contributed by atoms with Gasteiger partial charge in [0.2, 0.25) is 0 Å². The van der Waals surface area contributed by atoms with Gasteiger partial charge in [0.25, 0.3) is 0 Å². The fraction of sp³-hybridized carbons (Fsp3) is 0.375. The SMILES string of the molecule is C=C(c1ccc(C2=CCCN=C2C#N)[nH]1)N1CCCC1. The Hall–Kier alpha value is -2.28. The van der Waals surface area contributed by atoms with Crippen LogP contribution >= 0.6 is 0 Å². The zero-order chi connectivity index (χ0) is 13.9. The Balaban J connectivity index is 1.83. The second-order valence-electron chi connectivity index (χ2n) is 5.18. The van der Waals surface area contributed by atoms with Crippen molar-refractivity contribution in [3.63, 3.8) is 0 Å². The second-order valence-corrected chi connectivity index (χ2v) is 5.18. The normalized spacial score (nSPS) is 18.4. The minimum atomic E-state index is 0.524. The van der Waals surface area contributed by atoms with Gasteiger partial charge in [-0.25, -0.2) is 0 Å². The number of hydrogen-bond donors (Lipinski definition) is 1. The molecule has 1 N–H and O–H groups in total. The molecule has 4 nitrogen and oxygen atoms in total. The quantitative estimate of drug-likeness (QED) is 0.914. The lowest BCUT2D eigenvalue weighted by Gasteiger charge is -2.19. The lowest BCUT2D eigenvalue weighted by atomic mass is 10.0. The van der Waals surface area contributed by atoms with Crippen molar-refractivity contribution < 1.29 is 0 Å². The van der Waals surface area contributed by atoms with E-state index in [9.17, 15) is 0 Å². The highest BCUT2D eigenvalue weighted by Gasteiger charge is 2.18. The third-order valence-corrected chi connectivity index (χ3v) is 3.88. The van der Waals surface area contributed by atoms with Crippen LogP contribution in [0, 0.1) is 11.3 Å². The van der Waals surface area contributed by atoms with Crippen LogP contribution in [0.2, 0.25) is 0 Å². The number of rotatable bonds is 3. The number of nitrogens with one attached hydrogen (secondary N) is 1. The Kier molecular flexibility index (Phi) is 3.42. The van der Waals surface area contributed by atoms with Gasteiger partial charge in [-0.2, -0.15) is 5.26 Å². The molecular weight excluding hydrogens is 248 g/mol. The maximum Gasteiger partial charge on any atom is 0.144 e. The van der Waals surface area contributed by atoms with E-state index in [0.29, 0.717) is 12.3 Å². The number of aromatic nitrogens is 1. The minimum Gasteiger partial charge on any atom is -0.370 e. The molecule has 102 valence electrons. The van der Waals surface area contributed by atoms with E-state index in [0.717, 1.165) is 42.2 Å². The molecule has 0 saturated carbocycles. The average molecular weight is 266 g/mol. The second kappa shape index (κ2) is 5.38. The highest BCUT2D eigenvalue weighted by molar-refractivity contribution is 6.31. The van der Waals surface area contributed by atoms with Crippen LogP contribution in [0.5, 0.6) is 0 Å². The van der Waals surface area contributed by atoms with Crippen molar-refractivity contribution in [3.05, 3.63) is 36.2 Å². The first-order valence-electron chi connectivity index (χ1n) is 7.08. The number of aliphatic imine (C=N–C) groups is 1. The molecule has 2 aliphatic rings. The molecular formula is C16H18N4. The average Bonchev–Trinajstić information content (AvgIpc) is 3.18. The predicted octanol–water partition coefficient (Wildman–Crippen LogP) is 2.83. The van der Waals surface area contributed by atoms with E-state index in [2.05, 4.69) is 33.6 Å². The number of H-pyrrole nitrogens is 1. The summed E-state index contributed by atoms with van der Waals surface area (Å²) < 4.78 is 0. The van der Waals surface area contributed by atoms with Crippen molar-refractivity contribution in [3.8, 4) is 6.07 Å². The van der Waals surface area contributed by atoms with Gasteiger partial charge in [-0.15, -0.1) is 0 Å². The molecule has 0 bridgehead atoms. The fourth-order valence-electron chi connectivity index (χ4n) is 2.78. The maximum atomic E-state index is 9.15. The highest BCUT2D eigenvalue weighted by Crippen LogP contribution is 2.25. The molecule has 0 atom stereocenters. The number of allylic oxidation sites excluding steroid dienone is 1. The van der Waals surface area contributed by atoms with Crippen molar-refractivity contribution in [1.82, 2.24) is 9.88 Å². The van der Waals surface area contributed by atoms with Gasteiger partial charge in [0.1, 0.15) is 11.8 Å². The van der Waals surface area contributed by atoms with Gasteiger partial charge in [0, 0.05) is 30.9 Å². The Morgan fingerprint density at radius 3 is 2.90 bits per heavy atom. The Bertz CT molecular complexity index is 621. The molecule has 0 amide bonds. The molecule has 3 heterocycles. The molecule has 3 rings (SSSR count). The molecule has 1 aromatic rings.